The standard InChI is InChI=1S/C25H21Cl2N3O4S2/c1-3-33-24-12-17(6-11-23(24)34-36(31,32)19-8-4-16(2)5-9-19)14-28-30-25-29-22(15-35-25)20-10-7-18(26)13-21(20)27/h4-15H,3H2,1-2H3,(H,29,30). The van der Waals surface area contributed by atoms with Crippen LogP contribution in [0.1, 0.15) is 18.1 Å². The fourth-order valence-electron chi connectivity index (χ4n) is 3.12. The molecule has 0 saturated carbocycles. The van der Waals surface area contributed by atoms with Crippen LogP contribution in [0, 0.1) is 6.92 Å². The number of nitrogens with zero attached hydrogens (tertiary/aromatic N) is 2. The molecule has 0 aliphatic heterocycles. The lowest BCUT2D eigenvalue weighted by Gasteiger charge is -2.12. The van der Waals surface area contributed by atoms with Gasteiger partial charge in [-0.3, -0.25) is 5.43 Å². The third-order valence-corrected chi connectivity index (χ3v) is 7.41. The van der Waals surface area contributed by atoms with Gasteiger partial charge in [0.2, 0.25) is 5.13 Å². The van der Waals surface area contributed by atoms with Gasteiger partial charge in [0, 0.05) is 16.0 Å². The third kappa shape index (κ3) is 6.36. The molecule has 0 unspecified atom stereocenters. The van der Waals surface area contributed by atoms with Crippen LogP contribution in [0.4, 0.5) is 5.13 Å². The molecular weight excluding hydrogens is 541 g/mol. The van der Waals surface area contributed by atoms with E-state index in [1.165, 1.54) is 29.5 Å². The van der Waals surface area contributed by atoms with Crippen LogP contribution < -0.4 is 14.3 Å². The van der Waals surface area contributed by atoms with E-state index >= 15 is 0 Å². The van der Waals surface area contributed by atoms with E-state index in [0.29, 0.717) is 33.0 Å². The van der Waals surface area contributed by atoms with Crippen LogP contribution in [0.3, 0.4) is 0 Å². The van der Waals surface area contributed by atoms with Gasteiger partial charge in [-0.15, -0.1) is 11.3 Å². The number of hydrazone groups is 1. The van der Waals surface area contributed by atoms with Crippen molar-refractivity contribution in [3.63, 3.8) is 0 Å². The number of nitrogens with one attached hydrogen (secondary N) is 1. The molecule has 0 spiro atoms. The molecule has 186 valence electrons. The van der Waals surface area contributed by atoms with Gasteiger partial charge in [-0.1, -0.05) is 40.9 Å². The summed E-state index contributed by atoms with van der Waals surface area (Å²) in [4.78, 5) is 4.56. The number of halogens is 2. The number of hydrogen-bond acceptors (Lipinski definition) is 8. The van der Waals surface area contributed by atoms with E-state index in [4.69, 9.17) is 32.1 Å². The molecule has 0 fully saturated rings. The summed E-state index contributed by atoms with van der Waals surface area (Å²) >= 11 is 13.6. The highest BCUT2D eigenvalue weighted by Crippen LogP contribution is 2.33. The van der Waals surface area contributed by atoms with E-state index in [1.807, 2.05) is 18.4 Å². The highest BCUT2D eigenvalue weighted by Gasteiger charge is 2.19. The highest BCUT2D eigenvalue weighted by molar-refractivity contribution is 7.87. The summed E-state index contributed by atoms with van der Waals surface area (Å²) in [6.45, 7) is 4.00. The Morgan fingerprint density at radius 1 is 1.06 bits per heavy atom. The number of aryl methyl sites for hydroxylation is 1. The molecule has 0 aliphatic carbocycles. The first-order valence-electron chi connectivity index (χ1n) is 10.7. The van der Waals surface area contributed by atoms with Crippen LogP contribution in [-0.4, -0.2) is 26.2 Å². The SMILES string of the molecule is CCOc1cc(C=NNc2nc(-c3ccc(Cl)cc3Cl)cs2)ccc1OS(=O)(=O)c1ccc(C)cc1. The molecule has 0 atom stereocenters. The molecule has 1 N–H and O–H groups in total. The number of hydrogen-bond donors (Lipinski definition) is 1. The Labute approximate surface area is 223 Å². The molecule has 7 nitrogen and oxygen atoms in total. The molecule has 3 aromatic carbocycles. The van der Waals surface area contributed by atoms with E-state index < -0.39 is 10.1 Å². The van der Waals surface area contributed by atoms with E-state index in [2.05, 4.69) is 15.5 Å². The summed E-state index contributed by atoms with van der Waals surface area (Å²) in [7, 11) is -4.01. The van der Waals surface area contributed by atoms with Crippen molar-refractivity contribution in [2.24, 2.45) is 5.10 Å². The molecule has 0 amide bonds. The molecule has 4 aromatic rings. The summed E-state index contributed by atoms with van der Waals surface area (Å²) in [6, 6.07) is 16.5. The number of ether oxygens (including phenoxy) is 1. The Kier molecular flexibility index (Phi) is 8.15. The first kappa shape index (κ1) is 26.0. The van der Waals surface area contributed by atoms with Gasteiger partial charge in [0.15, 0.2) is 11.5 Å². The maximum absolute atomic E-state index is 12.7. The molecule has 0 saturated heterocycles. The molecular formula is C25H21Cl2N3O4S2. The van der Waals surface area contributed by atoms with Crippen LogP contribution in [-0.2, 0) is 10.1 Å². The molecule has 36 heavy (non-hydrogen) atoms. The third-order valence-electron chi connectivity index (χ3n) is 4.86. The van der Waals surface area contributed by atoms with Crippen LogP contribution >= 0.6 is 34.5 Å². The maximum Gasteiger partial charge on any atom is 0.339 e. The molecule has 0 aliphatic rings. The maximum atomic E-state index is 12.7. The van der Waals surface area contributed by atoms with Gasteiger partial charge in [0.05, 0.1) is 23.5 Å². The molecule has 1 aromatic heterocycles. The molecule has 1 heterocycles. The molecule has 11 heteroatoms. The van der Waals surface area contributed by atoms with Crippen LogP contribution in [0.5, 0.6) is 11.5 Å². The summed E-state index contributed by atoms with van der Waals surface area (Å²) in [6.07, 6.45) is 1.57. The zero-order valence-electron chi connectivity index (χ0n) is 19.2. The first-order chi connectivity index (χ1) is 17.2. The predicted octanol–water partition coefficient (Wildman–Crippen LogP) is 7.04. The Morgan fingerprint density at radius 3 is 2.56 bits per heavy atom. The van der Waals surface area contributed by atoms with Crippen molar-refractivity contribution in [3.05, 3.63) is 87.2 Å². The van der Waals surface area contributed by atoms with Crippen LogP contribution in [0.25, 0.3) is 11.3 Å². The van der Waals surface area contributed by atoms with Crippen molar-refractivity contribution in [2.45, 2.75) is 18.7 Å². The van der Waals surface area contributed by atoms with E-state index in [9.17, 15) is 8.42 Å². The second kappa shape index (κ2) is 11.3. The number of rotatable bonds is 9. The van der Waals surface area contributed by atoms with Gasteiger partial charge >= 0.3 is 10.1 Å². The van der Waals surface area contributed by atoms with Crippen LogP contribution in [0.2, 0.25) is 10.0 Å². The average molecular weight is 563 g/mol. The summed E-state index contributed by atoms with van der Waals surface area (Å²) in [5, 5.41) is 7.72. The minimum absolute atomic E-state index is 0.0630. The topological polar surface area (TPSA) is 89.9 Å². The minimum Gasteiger partial charge on any atom is -0.490 e. The normalized spacial score (nSPS) is 11.6. The number of thiazole rings is 1. The van der Waals surface area contributed by atoms with Crippen molar-refractivity contribution in [1.29, 1.82) is 0 Å². The van der Waals surface area contributed by atoms with Gasteiger partial charge in [0.25, 0.3) is 0 Å². The lowest BCUT2D eigenvalue weighted by molar-refractivity contribution is 0.327. The quantitative estimate of drug-likeness (QED) is 0.134. The number of aromatic nitrogens is 1. The zero-order chi connectivity index (χ0) is 25.7. The number of anilines is 1. The molecule has 0 bridgehead atoms. The van der Waals surface area contributed by atoms with Gasteiger partial charge in [-0.05, 0) is 67.9 Å². The van der Waals surface area contributed by atoms with Crippen LogP contribution in [0.15, 0.2) is 76.0 Å². The van der Waals surface area contributed by atoms with Crippen molar-refractivity contribution in [3.8, 4) is 22.8 Å². The highest BCUT2D eigenvalue weighted by atomic mass is 35.5. The summed E-state index contributed by atoms with van der Waals surface area (Å²) in [5.74, 6) is 0.373. The van der Waals surface area contributed by atoms with Crippen molar-refractivity contribution >= 4 is 56.0 Å². The Bertz CT molecular complexity index is 1500. The Morgan fingerprint density at radius 2 is 1.83 bits per heavy atom. The predicted molar refractivity (Wildman–Crippen MR) is 145 cm³/mol. The van der Waals surface area contributed by atoms with Crippen molar-refractivity contribution < 1.29 is 17.3 Å². The van der Waals surface area contributed by atoms with Crippen molar-refractivity contribution in [2.75, 3.05) is 12.0 Å². The van der Waals surface area contributed by atoms with E-state index in [-0.39, 0.29) is 16.4 Å². The largest absolute Gasteiger partial charge is 0.490 e. The lowest BCUT2D eigenvalue weighted by Crippen LogP contribution is -2.11. The second-order valence-corrected chi connectivity index (χ2v) is 10.8. The second-order valence-electron chi connectivity index (χ2n) is 7.52. The van der Waals surface area contributed by atoms with E-state index in [1.54, 1.807) is 49.5 Å². The molecule has 4 rings (SSSR count). The minimum atomic E-state index is -4.01. The fourth-order valence-corrected chi connectivity index (χ4v) is 5.23. The summed E-state index contributed by atoms with van der Waals surface area (Å²) in [5.41, 5.74) is 5.98. The fraction of sp³-hybridized carbons (Fsp3) is 0.120. The van der Waals surface area contributed by atoms with Crippen molar-refractivity contribution in [1.82, 2.24) is 4.98 Å². The molecule has 0 radical (unpaired) electrons. The zero-order valence-corrected chi connectivity index (χ0v) is 22.4. The van der Waals surface area contributed by atoms with Gasteiger partial charge < -0.3 is 8.92 Å². The van der Waals surface area contributed by atoms with Gasteiger partial charge in [0.1, 0.15) is 4.90 Å². The number of benzene rings is 3. The first-order valence-corrected chi connectivity index (χ1v) is 13.8. The van der Waals surface area contributed by atoms with Gasteiger partial charge in [-0.2, -0.15) is 13.5 Å². The monoisotopic (exact) mass is 561 g/mol. The van der Waals surface area contributed by atoms with Gasteiger partial charge in [-0.25, -0.2) is 4.98 Å². The smallest absolute Gasteiger partial charge is 0.339 e. The van der Waals surface area contributed by atoms with E-state index in [0.717, 1.165) is 11.1 Å². The average Bonchev–Trinajstić information content (AvgIpc) is 3.29. The summed E-state index contributed by atoms with van der Waals surface area (Å²) < 4.78 is 36.4. The lowest BCUT2D eigenvalue weighted by atomic mass is 10.2. The Balaban J connectivity index is 1.47. The Hall–Kier alpha value is -3.11.